The highest BCUT2D eigenvalue weighted by Gasteiger charge is 2.46. The summed E-state index contributed by atoms with van der Waals surface area (Å²) >= 11 is 0. The van der Waals surface area contributed by atoms with Crippen LogP contribution >= 0.6 is 0 Å². The molecule has 0 saturated carbocycles. The molecule has 0 aromatic carbocycles. The Morgan fingerprint density at radius 3 is 1.31 bits per heavy atom. The molecule has 2 unspecified atom stereocenters. The van der Waals surface area contributed by atoms with E-state index in [2.05, 4.69) is 13.8 Å². The maximum atomic E-state index is 10.4. The fourth-order valence-electron chi connectivity index (χ4n) is 6.74. The van der Waals surface area contributed by atoms with Gasteiger partial charge in [0.2, 0.25) is 0 Å². The van der Waals surface area contributed by atoms with Crippen molar-refractivity contribution in [2.24, 2.45) is 0 Å². The highest BCUT2D eigenvalue weighted by atomic mass is 16.7. The zero-order valence-corrected chi connectivity index (χ0v) is 32.2. The van der Waals surface area contributed by atoms with E-state index in [0.717, 1.165) is 19.3 Å². The predicted octanol–water partition coefficient (Wildman–Crippen LogP) is 9.17. The van der Waals surface area contributed by atoms with Crippen molar-refractivity contribution in [1.29, 1.82) is 0 Å². The normalized spacial score (nSPS) is 20.7. The van der Waals surface area contributed by atoms with Crippen molar-refractivity contribution in [3.63, 3.8) is 0 Å². The van der Waals surface area contributed by atoms with Crippen LogP contribution in [0.3, 0.4) is 0 Å². The van der Waals surface area contributed by atoms with Crippen molar-refractivity contribution in [2.75, 3.05) is 33.0 Å². The number of rotatable bonds is 38. The summed E-state index contributed by atoms with van der Waals surface area (Å²) < 4.78 is 23.5. The lowest BCUT2D eigenvalue weighted by atomic mass is 10.0. The number of hydrogen-bond donors (Lipinski definition) is 4. The third-order valence-electron chi connectivity index (χ3n) is 10.1. The SMILES string of the molecule is CCCCCCCCCCCCCCCCOCC(CO[C@@H]1O[C@H](C(O)CO)[C@H](O)[C@H]1O)OCCCCCCCCCCCCCCCC. The number of aliphatic hydroxyl groups excluding tert-OH is 4. The minimum absolute atomic E-state index is 0.147. The van der Waals surface area contributed by atoms with E-state index in [4.69, 9.17) is 18.9 Å². The van der Waals surface area contributed by atoms with E-state index in [1.165, 1.54) is 161 Å². The van der Waals surface area contributed by atoms with Crippen LogP contribution in [-0.2, 0) is 18.9 Å². The van der Waals surface area contributed by atoms with Crippen LogP contribution in [0.2, 0.25) is 0 Å². The Balaban J connectivity index is 2.19. The van der Waals surface area contributed by atoms with Gasteiger partial charge in [0.1, 0.15) is 30.5 Å². The predicted molar refractivity (Wildman–Crippen MR) is 201 cm³/mol. The lowest BCUT2D eigenvalue weighted by molar-refractivity contribution is -0.198. The first kappa shape index (κ1) is 46.7. The minimum atomic E-state index is -1.33. The second kappa shape index (κ2) is 34.7. The van der Waals surface area contributed by atoms with Crippen LogP contribution in [0.1, 0.15) is 194 Å². The largest absolute Gasteiger partial charge is 0.394 e. The standard InChI is InChI=1S/C41H82O8/c1-3-5-7-9-11-13-15-17-19-21-23-25-27-29-31-46-34-36(35-48-41-39(45)38(44)40(49-41)37(43)33-42)47-32-30-28-26-24-22-20-18-16-14-12-10-8-6-4-2/h36-45H,3-35H2,1-2H3/t36?,37?,38-,39-,40-,41-/m1/s1. The Bertz CT molecular complexity index is 667. The summed E-state index contributed by atoms with van der Waals surface area (Å²) in [5.41, 5.74) is 0. The highest BCUT2D eigenvalue weighted by Crippen LogP contribution is 2.25. The van der Waals surface area contributed by atoms with Gasteiger partial charge in [-0.2, -0.15) is 0 Å². The summed E-state index contributed by atoms with van der Waals surface area (Å²) in [6, 6.07) is 0. The Hall–Kier alpha value is -0.320. The van der Waals surface area contributed by atoms with Gasteiger partial charge in [-0.15, -0.1) is 0 Å². The second-order valence-electron chi connectivity index (χ2n) is 14.8. The van der Waals surface area contributed by atoms with Crippen LogP contribution in [0.25, 0.3) is 0 Å². The number of unbranched alkanes of at least 4 members (excludes halogenated alkanes) is 26. The van der Waals surface area contributed by atoms with Gasteiger partial charge < -0.3 is 39.4 Å². The fourth-order valence-corrected chi connectivity index (χ4v) is 6.74. The molecule has 0 aliphatic carbocycles. The van der Waals surface area contributed by atoms with Gasteiger partial charge in [-0.25, -0.2) is 0 Å². The molecule has 8 nitrogen and oxygen atoms in total. The van der Waals surface area contributed by atoms with Gasteiger partial charge >= 0.3 is 0 Å². The summed E-state index contributed by atoms with van der Waals surface area (Å²) in [6.45, 7) is 5.82. The van der Waals surface area contributed by atoms with Gasteiger partial charge in [0, 0.05) is 13.2 Å². The lowest BCUT2D eigenvalue weighted by Crippen LogP contribution is -2.40. The van der Waals surface area contributed by atoms with Crippen LogP contribution in [0, 0.1) is 0 Å². The second-order valence-corrected chi connectivity index (χ2v) is 14.8. The smallest absolute Gasteiger partial charge is 0.186 e. The first-order chi connectivity index (χ1) is 24.0. The van der Waals surface area contributed by atoms with Crippen molar-refractivity contribution in [3.05, 3.63) is 0 Å². The number of hydrogen-bond acceptors (Lipinski definition) is 8. The van der Waals surface area contributed by atoms with Crippen molar-refractivity contribution in [1.82, 2.24) is 0 Å². The van der Waals surface area contributed by atoms with E-state index in [0.29, 0.717) is 19.8 Å². The molecule has 0 aromatic rings. The molecular weight excluding hydrogens is 620 g/mol. The molecule has 4 N–H and O–H groups in total. The van der Waals surface area contributed by atoms with Crippen LogP contribution in [0.5, 0.6) is 0 Å². The molecule has 8 heteroatoms. The van der Waals surface area contributed by atoms with Gasteiger partial charge in [0.05, 0.1) is 19.8 Å². The molecule has 6 atom stereocenters. The van der Waals surface area contributed by atoms with Gasteiger partial charge in [-0.3, -0.25) is 0 Å². The molecule has 0 amide bonds. The van der Waals surface area contributed by atoms with Gasteiger partial charge in [0.15, 0.2) is 6.29 Å². The van der Waals surface area contributed by atoms with Crippen molar-refractivity contribution >= 4 is 0 Å². The van der Waals surface area contributed by atoms with E-state index in [1.807, 2.05) is 0 Å². The molecule has 0 aromatic heterocycles. The van der Waals surface area contributed by atoms with Gasteiger partial charge in [-0.05, 0) is 12.8 Å². The van der Waals surface area contributed by atoms with Crippen LogP contribution < -0.4 is 0 Å². The highest BCUT2D eigenvalue weighted by molar-refractivity contribution is 4.90. The molecule has 294 valence electrons. The fraction of sp³-hybridized carbons (Fsp3) is 1.00. The van der Waals surface area contributed by atoms with Crippen LogP contribution in [0.15, 0.2) is 0 Å². The quantitative estimate of drug-likeness (QED) is 0.0471. The maximum absolute atomic E-state index is 10.4. The van der Waals surface area contributed by atoms with E-state index < -0.39 is 37.3 Å². The van der Waals surface area contributed by atoms with E-state index in [9.17, 15) is 20.4 Å². The third kappa shape index (κ3) is 26.2. The monoisotopic (exact) mass is 703 g/mol. The van der Waals surface area contributed by atoms with Crippen molar-refractivity contribution in [2.45, 2.75) is 230 Å². The molecule has 0 radical (unpaired) electrons. The molecule has 49 heavy (non-hydrogen) atoms. The van der Waals surface area contributed by atoms with Crippen LogP contribution in [-0.4, -0.2) is 90.3 Å². The zero-order chi connectivity index (χ0) is 35.6. The molecule has 1 aliphatic heterocycles. The van der Waals surface area contributed by atoms with E-state index >= 15 is 0 Å². The topological polar surface area (TPSA) is 118 Å². The molecule has 0 spiro atoms. The summed E-state index contributed by atoms with van der Waals surface area (Å²) in [5.74, 6) is 0. The molecule has 0 bridgehead atoms. The first-order valence-electron chi connectivity index (χ1n) is 21.2. The number of ether oxygens (including phenoxy) is 4. The minimum Gasteiger partial charge on any atom is -0.394 e. The van der Waals surface area contributed by atoms with Gasteiger partial charge in [-0.1, -0.05) is 181 Å². The van der Waals surface area contributed by atoms with Crippen molar-refractivity contribution < 1.29 is 39.4 Å². The lowest BCUT2D eigenvalue weighted by Gasteiger charge is -2.22. The Morgan fingerprint density at radius 1 is 0.510 bits per heavy atom. The molecule has 1 aliphatic rings. The van der Waals surface area contributed by atoms with E-state index in [-0.39, 0.29) is 12.7 Å². The molecule has 1 saturated heterocycles. The summed E-state index contributed by atoms with van der Waals surface area (Å²) in [7, 11) is 0. The summed E-state index contributed by atoms with van der Waals surface area (Å²) in [4.78, 5) is 0. The van der Waals surface area contributed by atoms with Crippen molar-refractivity contribution in [3.8, 4) is 0 Å². The summed E-state index contributed by atoms with van der Waals surface area (Å²) in [6.07, 6.45) is 30.5. The molecule has 1 fully saturated rings. The Morgan fingerprint density at radius 2 is 0.898 bits per heavy atom. The summed E-state index contributed by atoms with van der Waals surface area (Å²) in [5, 5.41) is 39.7. The number of aliphatic hydroxyl groups is 4. The molecule has 1 rings (SSSR count). The Kier molecular flexibility index (Phi) is 33.1. The molecule has 1 heterocycles. The van der Waals surface area contributed by atoms with E-state index in [1.54, 1.807) is 0 Å². The van der Waals surface area contributed by atoms with Gasteiger partial charge in [0.25, 0.3) is 0 Å². The zero-order valence-electron chi connectivity index (χ0n) is 32.2. The average Bonchev–Trinajstić information content (AvgIpc) is 3.40. The first-order valence-corrected chi connectivity index (χ1v) is 21.2. The molecular formula is C41H82O8. The maximum Gasteiger partial charge on any atom is 0.186 e. The average molecular weight is 703 g/mol. The Labute approximate surface area is 302 Å². The third-order valence-corrected chi connectivity index (χ3v) is 10.1. The van der Waals surface area contributed by atoms with Crippen LogP contribution in [0.4, 0.5) is 0 Å².